The van der Waals surface area contributed by atoms with Crippen molar-refractivity contribution in [1.82, 2.24) is 9.97 Å². The molecular formula is C14H18N4O. The Morgan fingerprint density at radius 3 is 2.47 bits per heavy atom. The lowest BCUT2D eigenvalue weighted by atomic mass is 10.3. The fourth-order valence-electron chi connectivity index (χ4n) is 1.73. The zero-order chi connectivity index (χ0) is 13.8. The van der Waals surface area contributed by atoms with E-state index in [1.807, 2.05) is 56.1 Å². The number of para-hydroxylation sites is 1. The van der Waals surface area contributed by atoms with Gasteiger partial charge in [0.15, 0.2) is 5.82 Å². The third-order valence-electron chi connectivity index (χ3n) is 2.63. The number of rotatable bonds is 4. The smallest absolute Gasteiger partial charge is 0.242 e. The standard InChI is InChI=1S/C14H18N4O/c1-10(2)19-14-12(15)13(16-9-17-14)18(3)11-7-5-4-6-8-11/h4-10H,15H2,1-3H3. The summed E-state index contributed by atoms with van der Waals surface area (Å²) < 4.78 is 5.57. The Kier molecular flexibility index (Phi) is 3.85. The van der Waals surface area contributed by atoms with E-state index >= 15 is 0 Å². The third kappa shape index (κ3) is 2.93. The second-order valence-electron chi connectivity index (χ2n) is 4.48. The van der Waals surface area contributed by atoms with Crippen molar-refractivity contribution in [3.8, 4) is 5.88 Å². The topological polar surface area (TPSA) is 64.3 Å². The average molecular weight is 258 g/mol. The molecule has 0 aliphatic carbocycles. The highest BCUT2D eigenvalue weighted by molar-refractivity contribution is 5.73. The average Bonchev–Trinajstić information content (AvgIpc) is 2.41. The zero-order valence-corrected chi connectivity index (χ0v) is 11.4. The number of nitrogens with zero attached hydrogens (tertiary/aromatic N) is 3. The number of ether oxygens (including phenoxy) is 1. The molecule has 2 aromatic rings. The molecule has 0 saturated carbocycles. The Hall–Kier alpha value is -2.30. The lowest BCUT2D eigenvalue weighted by Crippen LogP contribution is -2.16. The van der Waals surface area contributed by atoms with Crippen molar-refractivity contribution in [3.05, 3.63) is 36.7 Å². The van der Waals surface area contributed by atoms with Gasteiger partial charge < -0.3 is 15.4 Å². The van der Waals surface area contributed by atoms with Gasteiger partial charge in [-0.2, -0.15) is 4.98 Å². The van der Waals surface area contributed by atoms with Crippen LogP contribution in [0.4, 0.5) is 17.2 Å². The van der Waals surface area contributed by atoms with Crippen LogP contribution in [0.3, 0.4) is 0 Å². The summed E-state index contributed by atoms with van der Waals surface area (Å²) in [6.45, 7) is 3.87. The first-order valence-corrected chi connectivity index (χ1v) is 6.15. The van der Waals surface area contributed by atoms with Crippen LogP contribution in [0, 0.1) is 0 Å². The van der Waals surface area contributed by atoms with Gasteiger partial charge in [-0.15, -0.1) is 0 Å². The summed E-state index contributed by atoms with van der Waals surface area (Å²) in [5, 5.41) is 0. The SMILES string of the molecule is CC(C)Oc1ncnc(N(C)c2ccccc2)c1N. The summed E-state index contributed by atoms with van der Waals surface area (Å²) in [5.74, 6) is 1.06. The maximum absolute atomic E-state index is 6.08. The lowest BCUT2D eigenvalue weighted by Gasteiger charge is -2.21. The molecule has 0 saturated heterocycles. The highest BCUT2D eigenvalue weighted by atomic mass is 16.5. The van der Waals surface area contributed by atoms with Gasteiger partial charge in [0.25, 0.3) is 0 Å². The van der Waals surface area contributed by atoms with Gasteiger partial charge in [-0.1, -0.05) is 18.2 Å². The molecule has 0 fully saturated rings. The predicted molar refractivity (Wildman–Crippen MR) is 76.7 cm³/mol. The van der Waals surface area contributed by atoms with Crippen LogP contribution in [0.15, 0.2) is 36.7 Å². The van der Waals surface area contributed by atoms with Gasteiger partial charge in [0.2, 0.25) is 5.88 Å². The van der Waals surface area contributed by atoms with Crippen LogP contribution in [-0.2, 0) is 0 Å². The van der Waals surface area contributed by atoms with Crippen LogP contribution in [0.1, 0.15) is 13.8 Å². The van der Waals surface area contributed by atoms with Crippen LogP contribution < -0.4 is 15.4 Å². The summed E-state index contributed by atoms with van der Waals surface area (Å²) in [6.07, 6.45) is 1.48. The number of aromatic nitrogens is 2. The summed E-state index contributed by atoms with van der Waals surface area (Å²) in [6, 6.07) is 9.88. The van der Waals surface area contributed by atoms with Crippen molar-refractivity contribution in [1.29, 1.82) is 0 Å². The van der Waals surface area contributed by atoms with E-state index < -0.39 is 0 Å². The van der Waals surface area contributed by atoms with Crippen molar-refractivity contribution in [3.63, 3.8) is 0 Å². The van der Waals surface area contributed by atoms with Crippen LogP contribution >= 0.6 is 0 Å². The van der Waals surface area contributed by atoms with Gasteiger partial charge in [-0.3, -0.25) is 0 Å². The van der Waals surface area contributed by atoms with E-state index in [1.165, 1.54) is 6.33 Å². The van der Waals surface area contributed by atoms with Gasteiger partial charge in [0.1, 0.15) is 12.0 Å². The van der Waals surface area contributed by atoms with Crippen molar-refractivity contribution >= 4 is 17.2 Å². The summed E-state index contributed by atoms with van der Waals surface area (Å²) in [4.78, 5) is 10.2. The first-order chi connectivity index (χ1) is 9.09. The van der Waals surface area contributed by atoms with Gasteiger partial charge in [0, 0.05) is 12.7 Å². The molecule has 19 heavy (non-hydrogen) atoms. The minimum absolute atomic E-state index is 0.0204. The number of anilines is 3. The predicted octanol–water partition coefficient (Wildman–Crippen LogP) is 2.61. The van der Waals surface area contributed by atoms with Gasteiger partial charge >= 0.3 is 0 Å². The highest BCUT2D eigenvalue weighted by Gasteiger charge is 2.14. The molecule has 0 unspecified atom stereocenters. The molecule has 2 N–H and O–H groups in total. The lowest BCUT2D eigenvalue weighted by molar-refractivity contribution is 0.234. The molecule has 2 rings (SSSR count). The van der Waals surface area contributed by atoms with Crippen molar-refractivity contribution in [2.75, 3.05) is 17.7 Å². The maximum Gasteiger partial charge on any atom is 0.242 e. The molecule has 0 aliphatic heterocycles. The van der Waals surface area contributed by atoms with Crippen LogP contribution in [0.5, 0.6) is 5.88 Å². The highest BCUT2D eigenvalue weighted by Crippen LogP contribution is 2.31. The Bertz CT molecular complexity index is 542. The van der Waals surface area contributed by atoms with E-state index in [1.54, 1.807) is 0 Å². The van der Waals surface area contributed by atoms with Gasteiger partial charge in [-0.05, 0) is 26.0 Å². The van der Waals surface area contributed by atoms with E-state index in [0.29, 0.717) is 17.4 Å². The quantitative estimate of drug-likeness (QED) is 0.913. The van der Waals surface area contributed by atoms with Crippen LogP contribution in [-0.4, -0.2) is 23.1 Å². The molecular weight excluding hydrogens is 240 g/mol. The maximum atomic E-state index is 6.08. The molecule has 0 amide bonds. The second kappa shape index (κ2) is 5.56. The molecule has 0 atom stereocenters. The Balaban J connectivity index is 2.35. The number of nitrogen functional groups attached to an aromatic ring is 1. The summed E-state index contributed by atoms with van der Waals surface area (Å²) >= 11 is 0. The molecule has 5 nitrogen and oxygen atoms in total. The van der Waals surface area contributed by atoms with E-state index in [2.05, 4.69) is 9.97 Å². The van der Waals surface area contributed by atoms with E-state index in [4.69, 9.17) is 10.5 Å². The molecule has 0 aliphatic rings. The number of hydrogen-bond acceptors (Lipinski definition) is 5. The van der Waals surface area contributed by atoms with Crippen molar-refractivity contribution in [2.45, 2.75) is 20.0 Å². The Morgan fingerprint density at radius 1 is 1.16 bits per heavy atom. The number of benzene rings is 1. The fourth-order valence-corrected chi connectivity index (χ4v) is 1.73. The van der Waals surface area contributed by atoms with E-state index in [9.17, 15) is 0 Å². The molecule has 1 aromatic heterocycles. The second-order valence-corrected chi connectivity index (χ2v) is 4.48. The minimum atomic E-state index is 0.0204. The molecule has 0 radical (unpaired) electrons. The molecule has 0 spiro atoms. The Morgan fingerprint density at radius 2 is 1.84 bits per heavy atom. The molecule has 100 valence electrons. The van der Waals surface area contributed by atoms with Crippen molar-refractivity contribution < 1.29 is 4.74 Å². The zero-order valence-electron chi connectivity index (χ0n) is 11.4. The molecule has 1 heterocycles. The summed E-state index contributed by atoms with van der Waals surface area (Å²) in [7, 11) is 1.91. The molecule has 1 aromatic carbocycles. The number of hydrogen-bond donors (Lipinski definition) is 1. The van der Waals surface area contributed by atoms with E-state index in [0.717, 1.165) is 5.69 Å². The molecule has 0 bridgehead atoms. The Labute approximate surface area is 113 Å². The van der Waals surface area contributed by atoms with E-state index in [-0.39, 0.29) is 6.10 Å². The first kappa shape index (κ1) is 13.1. The van der Waals surface area contributed by atoms with Crippen LogP contribution in [0.25, 0.3) is 0 Å². The van der Waals surface area contributed by atoms with Gasteiger partial charge in [-0.25, -0.2) is 4.98 Å². The van der Waals surface area contributed by atoms with Gasteiger partial charge in [0.05, 0.1) is 6.10 Å². The largest absolute Gasteiger partial charge is 0.473 e. The minimum Gasteiger partial charge on any atom is -0.473 e. The normalized spacial score (nSPS) is 10.5. The monoisotopic (exact) mass is 258 g/mol. The summed E-state index contributed by atoms with van der Waals surface area (Å²) in [5.41, 5.74) is 7.53. The number of nitrogens with two attached hydrogens (primary N) is 1. The van der Waals surface area contributed by atoms with Crippen LogP contribution in [0.2, 0.25) is 0 Å². The molecule has 5 heteroatoms. The van der Waals surface area contributed by atoms with Crippen molar-refractivity contribution in [2.24, 2.45) is 0 Å². The third-order valence-corrected chi connectivity index (χ3v) is 2.63. The first-order valence-electron chi connectivity index (χ1n) is 6.15. The fraction of sp³-hybridized carbons (Fsp3) is 0.286.